The second-order valence-corrected chi connectivity index (χ2v) is 14.3. The average molecular weight is 684 g/mol. The molecule has 1 aliphatic rings. The van der Waals surface area contributed by atoms with Gasteiger partial charge in [0.1, 0.15) is 5.82 Å². The number of aliphatic hydroxyl groups is 1. The molecule has 13 heteroatoms. The molecule has 2 aromatic carbocycles. The van der Waals surface area contributed by atoms with E-state index in [0.717, 1.165) is 15.1 Å². The fourth-order valence-corrected chi connectivity index (χ4v) is 7.55. The summed E-state index contributed by atoms with van der Waals surface area (Å²) in [5, 5.41) is 14.7. The van der Waals surface area contributed by atoms with Crippen LogP contribution in [0.5, 0.6) is 0 Å². The second-order valence-electron chi connectivity index (χ2n) is 12.5. The number of halogens is 2. The maximum absolute atomic E-state index is 15.6. The third-order valence-electron chi connectivity index (χ3n) is 8.72. The van der Waals surface area contributed by atoms with E-state index in [1.807, 2.05) is 11.8 Å². The van der Waals surface area contributed by atoms with Crippen LogP contribution in [0.2, 0.25) is 0 Å². The van der Waals surface area contributed by atoms with E-state index in [2.05, 4.69) is 20.0 Å². The van der Waals surface area contributed by atoms with Crippen molar-refractivity contribution in [2.24, 2.45) is 0 Å². The van der Waals surface area contributed by atoms with Crippen LogP contribution in [0.4, 0.5) is 14.6 Å². The maximum Gasteiger partial charge on any atom is 0.269 e. The third-order valence-corrected chi connectivity index (χ3v) is 10.4. The van der Waals surface area contributed by atoms with E-state index < -0.39 is 21.9 Å². The van der Waals surface area contributed by atoms with Crippen LogP contribution in [0.25, 0.3) is 33.3 Å². The number of hydrogen-bond acceptors (Lipinski definition) is 8. The lowest BCUT2D eigenvalue weighted by atomic mass is 10.1. The summed E-state index contributed by atoms with van der Waals surface area (Å²) in [5.41, 5.74) is 4.10. The van der Waals surface area contributed by atoms with Crippen LogP contribution in [-0.2, 0) is 16.6 Å². The molecule has 7 rings (SSSR count). The van der Waals surface area contributed by atoms with E-state index in [1.165, 1.54) is 30.6 Å². The molecule has 1 fully saturated rings. The van der Waals surface area contributed by atoms with E-state index >= 15 is 4.39 Å². The van der Waals surface area contributed by atoms with E-state index in [9.17, 15) is 17.9 Å². The number of benzene rings is 2. The normalized spacial score (nSPS) is 14.8. The summed E-state index contributed by atoms with van der Waals surface area (Å²) in [6, 6.07) is 16.1. The lowest BCUT2D eigenvalue weighted by molar-refractivity contribution is 0.122. The maximum atomic E-state index is 15.6. The Balaban J connectivity index is 1.26. The van der Waals surface area contributed by atoms with Crippen molar-refractivity contribution in [3.8, 4) is 22.3 Å². The number of anilines is 1. The van der Waals surface area contributed by atoms with Crippen molar-refractivity contribution in [2.45, 2.75) is 31.4 Å². The Morgan fingerprint density at radius 3 is 2.33 bits per heavy atom. The third kappa shape index (κ3) is 6.69. The van der Waals surface area contributed by atoms with Crippen LogP contribution < -0.4 is 4.90 Å². The minimum Gasteiger partial charge on any atom is -0.392 e. The van der Waals surface area contributed by atoms with Gasteiger partial charge in [0, 0.05) is 85.2 Å². The first-order chi connectivity index (χ1) is 23.5. The van der Waals surface area contributed by atoms with E-state index in [1.54, 1.807) is 72.7 Å². The van der Waals surface area contributed by atoms with Crippen LogP contribution in [0, 0.1) is 18.6 Å². The van der Waals surface area contributed by atoms with Gasteiger partial charge in [0.05, 0.1) is 23.7 Å². The predicted octanol–water partition coefficient (Wildman–Crippen LogP) is 5.34. The molecular weight excluding hydrogens is 649 g/mol. The van der Waals surface area contributed by atoms with Crippen LogP contribution in [-0.4, -0.2) is 81.0 Å². The molecule has 0 saturated carbocycles. The summed E-state index contributed by atoms with van der Waals surface area (Å²) in [4.78, 5) is 13.2. The zero-order chi connectivity index (χ0) is 34.3. The minimum atomic E-state index is -4.04. The molecule has 0 amide bonds. The first-order valence-electron chi connectivity index (χ1n) is 16.0. The summed E-state index contributed by atoms with van der Waals surface area (Å²) >= 11 is 0. The molecule has 10 nitrogen and oxygen atoms in total. The van der Waals surface area contributed by atoms with Gasteiger partial charge in [-0.1, -0.05) is 29.8 Å². The number of aromatic nitrogens is 5. The highest BCUT2D eigenvalue weighted by Gasteiger charge is 2.25. The van der Waals surface area contributed by atoms with Crippen LogP contribution >= 0.6 is 0 Å². The van der Waals surface area contributed by atoms with Crippen molar-refractivity contribution in [3.63, 3.8) is 0 Å². The number of aryl methyl sites for hydroxylation is 1. The quantitative estimate of drug-likeness (QED) is 0.218. The molecular formula is C36H35F2N7O3S. The SMILES string of the molecule is Cc1ccc(S(=O)(=O)n2cc(-c3cnn(Cc4cccc(F)c4)c3)c3cc(-c4cnc(N5CCN(C[C@@H](C)O)CC5)c(F)c4)cnc32)cc1. The molecule has 4 aromatic heterocycles. The molecule has 49 heavy (non-hydrogen) atoms. The van der Waals surface area contributed by atoms with Crippen LogP contribution in [0.15, 0.2) is 96.5 Å². The van der Waals surface area contributed by atoms with Gasteiger partial charge in [-0.05, 0) is 55.8 Å². The minimum absolute atomic E-state index is 0.114. The number of hydrogen-bond donors (Lipinski definition) is 1. The first-order valence-corrected chi connectivity index (χ1v) is 17.4. The molecule has 0 radical (unpaired) electrons. The molecule has 0 aliphatic carbocycles. The monoisotopic (exact) mass is 683 g/mol. The van der Waals surface area contributed by atoms with Crippen molar-refractivity contribution in [2.75, 3.05) is 37.6 Å². The summed E-state index contributed by atoms with van der Waals surface area (Å²) in [7, 11) is -4.04. The van der Waals surface area contributed by atoms with Gasteiger partial charge >= 0.3 is 0 Å². The number of aliphatic hydroxyl groups excluding tert-OH is 1. The highest BCUT2D eigenvalue weighted by Crippen LogP contribution is 2.35. The highest BCUT2D eigenvalue weighted by molar-refractivity contribution is 7.90. The van der Waals surface area contributed by atoms with Crippen molar-refractivity contribution < 1.29 is 22.3 Å². The van der Waals surface area contributed by atoms with Gasteiger partial charge in [0.2, 0.25) is 0 Å². The Bertz CT molecular complexity index is 2240. The van der Waals surface area contributed by atoms with Crippen molar-refractivity contribution in [1.29, 1.82) is 0 Å². The Morgan fingerprint density at radius 1 is 0.878 bits per heavy atom. The number of nitrogens with zero attached hydrogens (tertiary/aromatic N) is 7. The smallest absolute Gasteiger partial charge is 0.269 e. The van der Waals surface area contributed by atoms with Gasteiger partial charge in [0.25, 0.3) is 10.0 Å². The van der Waals surface area contributed by atoms with E-state index in [-0.39, 0.29) is 22.2 Å². The molecule has 0 spiro atoms. The Kier molecular flexibility index (Phi) is 8.73. The van der Waals surface area contributed by atoms with Gasteiger partial charge in [-0.2, -0.15) is 5.10 Å². The van der Waals surface area contributed by atoms with Crippen molar-refractivity contribution in [3.05, 3.63) is 114 Å². The molecule has 252 valence electrons. The average Bonchev–Trinajstić information content (AvgIpc) is 3.70. The predicted molar refractivity (Wildman–Crippen MR) is 184 cm³/mol. The van der Waals surface area contributed by atoms with Gasteiger partial charge in [-0.15, -0.1) is 0 Å². The molecule has 1 atom stereocenters. The largest absolute Gasteiger partial charge is 0.392 e. The summed E-state index contributed by atoms with van der Waals surface area (Å²) in [5.74, 6) is -0.557. The number of rotatable bonds is 9. The Hall–Kier alpha value is -4.98. The van der Waals surface area contributed by atoms with Gasteiger partial charge < -0.3 is 10.0 Å². The zero-order valence-corrected chi connectivity index (χ0v) is 27.9. The lowest BCUT2D eigenvalue weighted by Gasteiger charge is -2.36. The molecule has 1 N–H and O–H groups in total. The lowest BCUT2D eigenvalue weighted by Crippen LogP contribution is -2.48. The summed E-state index contributed by atoms with van der Waals surface area (Å²) in [6.07, 6.45) is 7.61. The fraction of sp³-hybridized carbons (Fsp3) is 0.250. The van der Waals surface area contributed by atoms with Crippen LogP contribution in [0.1, 0.15) is 18.1 Å². The Morgan fingerprint density at radius 2 is 1.61 bits per heavy atom. The number of fused-ring (bicyclic) bond motifs is 1. The van der Waals surface area contributed by atoms with Crippen molar-refractivity contribution >= 4 is 26.9 Å². The molecule has 1 saturated heterocycles. The molecule has 0 bridgehead atoms. The molecule has 0 unspecified atom stereocenters. The van der Waals surface area contributed by atoms with Crippen LogP contribution in [0.3, 0.4) is 0 Å². The first kappa shape index (κ1) is 32.6. The second kappa shape index (κ2) is 13.1. The Labute approximate surface area is 282 Å². The topological polar surface area (TPSA) is 109 Å². The highest BCUT2D eigenvalue weighted by atomic mass is 32.2. The molecule has 5 heterocycles. The van der Waals surface area contributed by atoms with Gasteiger partial charge in [-0.3, -0.25) is 9.58 Å². The van der Waals surface area contributed by atoms with Gasteiger partial charge in [0.15, 0.2) is 17.3 Å². The van der Waals surface area contributed by atoms with Gasteiger partial charge in [-0.25, -0.2) is 31.1 Å². The number of pyridine rings is 2. The van der Waals surface area contributed by atoms with E-state index in [4.69, 9.17) is 0 Å². The summed E-state index contributed by atoms with van der Waals surface area (Å²) in [6.45, 7) is 7.08. The fourth-order valence-electron chi connectivity index (χ4n) is 6.22. The molecule has 1 aliphatic heterocycles. The summed E-state index contributed by atoms with van der Waals surface area (Å²) < 4.78 is 60.1. The van der Waals surface area contributed by atoms with E-state index in [0.29, 0.717) is 66.9 Å². The zero-order valence-electron chi connectivity index (χ0n) is 27.0. The number of piperazine rings is 1. The molecule has 6 aromatic rings. The standard InChI is InChI=1S/C36H35F2N7O3S/c1-24-6-8-31(9-7-24)49(47,48)45-23-33(29-19-41-44(22-29)21-26-4-3-5-30(37)14-26)32-15-27(17-39-35(32)45)28-16-34(38)36(40-18-28)43-12-10-42(11-13-43)20-25(2)46/h3-9,14-19,22-23,25,46H,10-13,20-21H2,1-2H3/t25-/m1/s1. The number of β-amino-alcohol motifs (C(OH)–C–C–N with tert-alkyl or cyclic N) is 1. The van der Waals surface area contributed by atoms with Crippen molar-refractivity contribution in [1.82, 2.24) is 28.6 Å².